The fraction of sp³-hybridized carbons (Fsp3) is 0.0455. The first-order chi connectivity index (χ1) is 14.3. The normalized spacial score (nSPS) is 11.4. The first-order valence-corrected chi connectivity index (χ1v) is 11.2. The van der Waals surface area contributed by atoms with Gasteiger partial charge in [-0.25, -0.2) is 12.8 Å². The number of hydrogen-bond acceptors (Lipinski definition) is 5. The molecule has 0 unspecified atom stereocenters. The molecule has 0 atom stereocenters. The van der Waals surface area contributed by atoms with Crippen molar-refractivity contribution < 1.29 is 17.2 Å². The van der Waals surface area contributed by atoms with Crippen molar-refractivity contribution in [2.75, 3.05) is 5.32 Å². The Morgan fingerprint density at radius 2 is 1.63 bits per heavy atom. The van der Waals surface area contributed by atoms with Crippen LogP contribution in [0.2, 0.25) is 0 Å². The van der Waals surface area contributed by atoms with Gasteiger partial charge in [0.1, 0.15) is 5.82 Å². The number of nitrogens with zero attached hydrogens (tertiary/aromatic N) is 1. The van der Waals surface area contributed by atoms with E-state index in [-0.39, 0.29) is 21.7 Å². The van der Waals surface area contributed by atoms with Crippen LogP contribution in [0.4, 0.5) is 16.0 Å². The van der Waals surface area contributed by atoms with Crippen LogP contribution in [0.5, 0.6) is 0 Å². The highest BCUT2D eigenvalue weighted by Gasteiger charge is 2.29. The molecule has 0 aliphatic rings. The Balaban J connectivity index is 1.85. The summed E-state index contributed by atoms with van der Waals surface area (Å²) >= 11 is 3.30. The molecule has 0 aliphatic carbocycles. The summed E-state index contributed by atoms with van der Waals surface area (Å²) < 4.78 is 46.5. The van der Waals surface area contributed by atoms with E-state index in [9.17, 15) is 12.8 Å². The second kappa shape index (κ2) is 8.04. The molecule has 0 amide bonds. The lowest BCUT2D eigenvalue weighted by Gasteiger charge is -2.06. The van der Waals surface area contributed by atoms with E-state index in [1.165, 1.54) is 36.4 Å². The van der Waals surface area contributed by atoms with Crippen LogP contribution in [0.1, 0.15) is 5.56 Å². The van der Waals surface area contributed by atoms with E-state index in [1.54, 1.807) is 18.2 Å². The highest BCUT2D eigenvalue weighted by molar-refractivity contribution is 9.10. The lowest BCUT2D eigenvalue weighted by molar-refractivity contribution is 0.581. The molecular formula is C22H16BrFN2O3S. The maximum atomic E-state index is 13.3. The summed E-state index contributed by atoms with van der Waals surface area (Å²) in [6.07, 6.45) is 0. The minimum atomic E-state index is -3.98. The summed E-state index contributed by atoms with van der Waals surface area (Å²) in [7, 11) is -3.98. The number of oxazole rings is 1. The molecule has 4 aromatic rings. The van der Waals surface area contributed by atoms with Crippen molar-refractivity contribution in [3.8, 4) is 11.5 Å². The van der Waals surface area contributed by atoms with Gasteiger partial charge in [-0.3, -0.25) is 0 Å². The SMILES string of the molecule is Cc1ccccc1-c1nc(S(=O)(=O)c2ccc(Br)cc2)c(Nc2ccc(F)cc2)o1. The summed E-state index contributed by atoms with van der Waals surface area (Å²) in [5.74, 6) is -0.266. The average Bonchev–Trinajstić information content (AvgIpc) is 3.15. The second-order valence-electron chi connectivity index (χ2n) is 6.56. The number of anilines is 2. The Bertz CT molecular complexity index is 1300. The quantitative estimate of drug-likeness (QED) is 0.367. The third-order valence-electron chi connectivity index (χ3n) is 4.45. The summed E-state index contributed by atoms with van der Waals surface area (Å²) in [4.78, 5) is 4.40. The number of aryl methyl sites for hydroxylation is 1. The van der Waals surface area contributed by atoms with Crippen molar-refractivity contribution in [3.63, 3.8) is 0 Å². The second-order valence-corrected chi connectivity index (χ2v) is 9.34. The van der Waals surface area contributed by atoms with Crippen LogP contribution in [-0.2, 0) is 9.84 Å². The van der Waals surface area contributed by atoms with Crippen molar-refractivity contribution >= 4 is 37.3 Å². The van der Waals surface area contributed by atoms with E-state index in [0.29, 0.717) is 11.3 Å². The highest BCUT2D eigenvalue weighted by atomic mass is 79.9. The van der Waals surface area contributed by atoms with Crippen molar-refractivity contribution in [1.82, 2.24) is 4.98 Å². The van der Waals surface area contributed by atoms with E-state index >= 15 is 0 Å². The van der Waals surface area contributed by atoms with Crippen molar-refractivity contribution in [2.45, 2.75) is 16.8 Å². The highest BCUT2D eigenvalue weighted by Crippen LogP contribution is 2.35. The molecular weight excluding hydrogens is 471 g/mol. The van der Waals surface area contributed by atoms with Gasteiger partial charge in [-0.05, 0) is 67.1 Å². The van der Waals surface area contributed by atoms with Gasteiger partial charge >= 0.3 is 0 Å². The van der Waals surface area contributed by atoms with Crippen LogP contribution in [0.15, 0.2) is 91.6 Å². The lowest BCUT2D eigenvalue weighted by atomic mass is 10.1. The number of rotatable bonds is 5. The van der Waals surface area contributed by atoms with E-state index in [1.807, 2.05) is 25.1 Å². The van der Waals surface area contributed by atoms with Crippen LogP contribution < -0.4 is 5.32 Å². The van der Waals surface area contributed by atoms with Gasteiger partial charge in [-0.2, -0.15) is 4.98 Å². The van der Waals surface area contributed by atoms with Gasteiger partial charge in [0.2, 0.25) is 26.6 Å². The zero-order chi connectivity index (χ0) is 21.3. The Hall–Kier alpha value is -2.97. The van der Waals surface area contributed by atoms with Crippen LogP contribution >= 0.6 is 15.9 Å². The zero-order valence-corrected chi connectivity index (χ0v) is 18.2. The standard InChI is InChI=1S/C22H16BrFN2O3S/c1-14-4-2-3-5-19(14)20-26-22(30(27,28)18-12-6-15(23)7-13-18)21(29-20)25-17-10-8-16(24)9-11-17/h2-13,25H,1H3. The minimum absolute atomic E-state index is 0.0391. The summed E-state index contributed by atoms with van der Waals surface area (Å²) in [6.45, 7) is 1.88. The van der Waals surface area contributed by atoms with Gasteiger partial charge < -0.3 is 9.73 Å². The van der Waals surface area contributed by atoms with E-state index in [2.05, 4.69) is 26.2 Å². The van der Waals surface area contributed by atoms with E-state index < -0.39 is 15.7 Å². The number of hydrogen-bond donors (Lipinski definition) is 1. The summed E-state index contributed by atoms with van der Waals surface area (Å²) in [5.41, 5.74) is 2.03. The van der Waals surface area contributed by atoms with Crippen LogP contribution in [0.3, 0.4) is 0 Å². The Morgan fingerprint density at radius 3 is 2.30 bits per heavy atom. The molecule has 8 heteroatoms. The van der Waals surface area contributed by atoms with E-state index in [0.717, 1.165) is 10.0 Å². The first kappa shape index (κ1) is 20.3. The predicted octanol–water partition coefficient (Wildman–Crippen LogP) is 6.13. The Kier molecular flexibility index (Phi) is 5.44. The molecule has 1 aromatic heterocycles. The van der Waals surface area contributed by atoms with Crippen LogP contribution in [0.25, 0.3) is 11.5 Å². The molecule has 4 rings (SSSR count). The fourth-order valence-electron chi connectivity index (χ4n) is 2.89. The number of nitrogens with one attached hydrogen (secondary N) is 1. The number of aromatic nitrogens is 1. The Labute approximate surface area is 181 Å². The largest absolute Gasteiger partial charge is 0.419 e. The third kappa shape index (κ3) is 4.01. The van der Waals surface area contributed by atoms with E-state index in [4.69, 9.17) is 4.42 Å². The zero-order valence-electron chi connectivity index (χ0n) is 15.8. The summed E-state index contributed by atoms with van der Waals surface area (Å²) in [6, 6.07) is 19.2. The smallest absolute Gasteiger partial charge is 0.238 e. The molecule has 0 fully saturated rings. The monoisotopic (exact) mass is 486 g/mol. The molecule has 3 aromatic carbocycles. The third-order valence-corrected chi connectivity index (χ3v) is 6.66. The summed E-state index contributed by atoms with van der Waals surface area (Å²) in [5, 5.41) is 2.67. The van der Waals surface area contributed by atoms with Gasteiger partial charge in [0.25, 0.3) is 0 Å². The first-order valence-electron chi connectivity index (χ1n) is 8.95. The molecule has 5 nitrogen and oxygen atoms in total. The Morgan fingerprint density at radius 1 is 0.967 bits per heavy atom. The molecule has 1 N–H and O–H groups in total. The van der Waals surface area contributed by atoms with Gasteiger partial charge in [0, 0.05) is 15.7 Å². The molecule has 0 bridgehead atoms. The van der Waals surface area contributed by atoms with Crippen LogP contribution in [0, 0.1) is 12.7 Å². The molecule has 30 heavy (non-hydrogen) atoms. The molecule has 0 spiro atoms. The maximum absolute atomic E-state index is 13.3. The van der Waals surface area contributed by atoms with Crippen molar-refractivity contribution in [1.29, 1.82) is 0 Å². The number of sulfone groups is 1. The molecule has 0 radical (unpaired) electrons. The molecule has 152 valence electrons. The number of benzene rings is 3. The van der Waals surface area contributed by atoms with Gasteiger partial charge in [-0.1, -0.05) is 34.1 Å². The van der Waals surface area contributed by atoms with Crippen LogP contribution in [-0.4, -0.2) is 13.4 Å². The molecule has 0 aliphatic heterocycles. The average molecular weight is 487 g/mol. The van der Waals surface area contributed by atoms with Crippen molar-refractivity contribution in [2.24, 2.45) is 0 Å². The minimum Gasteiger partial charge on any atom is -0.419 e. The maximum Gasteiger partial charge on any atom is 0.238 e. The van der Waals surface area contributed by atoms with Crippen molar-refractivity contribution in [3.05, 3.63) is 88.6 Å². The molecule has 0 saturated carbocycles. The lowest BCUT2D eigenvalue weighted by Crippen LogP contribution is -2.05. The topological polar surface area (TPSA) is 72.2 Å². The van der Waals surface area contributed by atoms with Gasteiger partial charge in [-0.15, -0.1) is 0 Å². The number of halogens is 2. The molecule has 0 saturated heterocycles. The van der Waals surface area contributed by atoms with Gasteiger partial charge in [0.05, 0.1) is 4.90 Å². The fourth-order valence-corrected chi connectivity index (χ4v) is 4.41. The molecule has 1 heterocycles. The predicted molar refractivity (Wildman–Crippen MR) is 116 cm³/mol. The van der Waals surface area contributed by atoms with Gasteiger partial charge in [0.15, 0.2) is 0 Å².